The first-order chi connectivity index (χ1) is 16.1. The van der Waals surface area contributed by atoms with Gasteiger partial charge >= 0.3 is 5.97 Å². The van der Waals surface area contributed by atoms with Crippen LogP contribution < -0.4 is 4.90 Å². The van der Waals surface area contributed by atoms with Crippen LogP contribution in [-0.4, -0.2) is 57.1 Å². The van der Waals surface area contributed by atoms with E-state index < -0.39 is 33.4 Å². The molecule has 0 aromatic heterocycles. The number of carboxylic acids is 1. The van der Waals surface area contributed by atoms with Crippen LogP contribution in [0.4, 0.5) is 15.8 Å². The van der Waals surface area contributed by atoms with Gasteiger partial charge in [0.1, 0.15) is 10.7 Å². The number of halogens is 2. The third-order valence-electron chi connectivity index (χ3n) is 5.84. The number of anilines is 2. The number of methoxy groups -OCH3 is 1. The van der Waals surface area contributed by atoms with Crippen LogP contribution in [0.1, 0.15) is 10.4 Å². The predicted molar refractivity (Wildman–Crippen MR) is 128 cm³/mol. The molecule has 4 rings (SSSR count). The van der Waals surface area contributed by atoms with Crippen molar-refractivity contribution in [2.24, 2.45) is 0 Å². The van der Waals surface area contributed by atoms with E-state index in [4.69, 9.17) is 16.3 Å². The molecule has 0 radical (unpaired) electrons. The van der Waals surface area contributed by atoms with Crippen molar-refractivity contribution >= 4 is 39.0 Å². The highest BCUT2D eigenvalue weighted by atomic mass is 35.5. The van der Waals surface area contributed by atoms with Crippen LogP contribution in [0.5, 0.6) is 0 Å². The number of sulfonamides is 1. The second kappa shape index (κ2) is 9.34. The maximum atomic E-state index is 14.0. The number of para-hydroxylation sites is 1. The van der Waals surface area contributed by atoms with Crippen molar-refractivity contribution in [2.45, 2.75) is 10.9 Å². The van der Waals surface area contributed by atoms with E-state index in [2.05, 4.69) is 0 Å². The first-order valence-electron chi connectivity index (χ1n) is 10.3. The number of carbonyl (C=O) groups is 1. The van der Waals surface area contributed by atoms with Crippen LogP contribution in [-0.2, 0) is 14.8 Å². The highest BCUT2D eigenvalue weighted by Crippen LogP contribution is 2.42. The molecule has 0 aliphatic carbocycles. The predicted octanol–water partition coefficient (Wildman–Crippen LogP) is 4.63. The van der Waals surface area contributed by atoms with E-state index in [-0.39, 0.29) is 27.7 Å². The van der Waals surface area contributed by atoms with Gasteiger partial charge in [0.25, 0.3) is 0 Å². The third kappa shape index (κ3) is 4.27. The minimum Gasteiger partial charge on any atom is -0.478 e. The zero-order chi connectivity index (χ0) is 24.6. The topological polar surface area (TPSA) is 87.1 Å². The van der Waals surface area contributed by atoms with Crippen LogP contribution in [0.2, 0.25) is 5.02 Å². The maximum absolute atomic E-state index is 14.0. The van der Waals surface area contributed by atoms with E-state index in [0.29, 0.717) is 12.2 Å². The largest absolute Gasteiger partial charge is 0.478 e. The molecular formula is C24H22ClFN2O5S. The Bertz CT molecular complexity index is 1350. The standard InChI is InChI=1S/C24H22ClFN2O5S/c1-27-17(14-33-2)13-28(16-6-4-3-5-7-16)22-12-20(25)18(11-23(22)34(27,31)32)15-8-9-21(26)19(10-15)24(29)30/h3-12,17H,13-14H2,1-2H3,(H,29,30)/t17-/m0/s1. The first-order valence-corrected chi connectivity index (χ1v) is 12.1. The lowest BCUT2D eigenvalue weighted by atomic mass is 10.0. The van der Waals surface area contributed by atoms with Gasteiger partial charge in [-0.1, -0.05) is 35.9 Å². The number of benzene rings is 3. The van der Waals surface area contributed by atoms with E-state index in [1.54, 1.807) is 6.07 Å². The molecule has 3 aromatic rings. The summed E-state index contributed by atoms with van der Waals surface area (Å²) in [6.45, 7) is 0.490. The van der Waals surface area contributed by atoms with E-state index >= 15 is 0 Å². The number of ether oxygens (including phenoxy) is 1. The summed E-state index contributed by atoms with van der Waals surface area (Å²) in [4.78, 5) is 13.3. The van der Waals surface area contributed by atoms with Crippen molar-refractivity contribution in [2.75, 3.05) is 32.2 Å². The van der Waals surface area contributed by atoms with Gasteiger partial charge in [-0.2, -0.15) is 4.31 Å². The average molecular weight is 505 g/mol. The van der Waals surface area contributed by atoms with Crippen LogP contribution in [0.15, 0.2) is 65.6 Å². The molecule has 1 aliphatic heterocycles. The number of rotatable bonds is 5. The summed E-state index contributed by atoms with van der Waals surface area (Å²) >= 11 is 6.60. The van der Waals surface area contributed by atoms with Gasteiger partial charge in [0.2, 0.25) is 10.0 Å². The normalized spacial score (nSPS) is 17.8. The van der Waals surface area contributed by atoms with Crippen LogP contribution in [0.3, 0.4) is 0 Å². The van der Waals surface area contributed by atoms with Crippen molar-refractivity contribution in [3.63, 3.8) is 0 Å². The lowest BCUT2D eigenvalue weighted by Crippen LogP contribution is -2.43. The Hall–Kier alpha value is -2.98. The monoisotopic (exact) mass is 504 g/mol. The molecular weight excluding hydrogens is 483 g/mol. The van der Waals surface area contributed by atoms with Crippen molar-refractivity contribution < 1.29 is 27.4 Å². The molecule has 0 unspecified atom stereocenters. The fraction of sp³-hybridized carbons (Fsp3) is 0.208. The molecule has 0 fully saturated rings. The second-order valence-corrected chi connectivity index (χ2v) is 10.2. The molecule has 0 saturated heterocycles. The highest BCUT2D eigenvalue weighted by Gasteiger charge is 2.37. The van der Waals surface area contributed by atoms with Gasteiger partial charge in [0.05, 0.1) is 28.9 Å². The number of hydrogen-bond acceptors (Lipinski definition) is 5. The summed E-state index contributed by atoms with van der Waals surface area (Å²) in [6.07, 6.45) is 0. The van der Waals surface area contributed by atoms with Crippen LogP contribution in [0, 0.1) is 5.82 Å². The second-order valence-electron chi connectivity index (χ2n) is 7.88. The van der Waals surface area contributed by atoms with Crippen molar-refractivity contribution in [1.29, 1.82) is 0 Å². The van der Waals surface area contributed by atoms with Gasteiger partial charge < -0.3 is 14.7 Å². The number of fused-ring (bicyclic) bond motifs is 1. The van der Waals surface area contributed by atoms with Crippen molar-refractivity contribution in [3.05, 3.63) is 77.1 Å². The molecule has 178 valence electrons. The average Bonchev–Trinajstić information content (AvgIpc) is 2.88. The summed E-state index contributed by atoms with van der Waals surface area (Å²) < 4.78 is 47.8. The molecule has 34 heavy (non-hydrogen) atoms. The molecule has 1 aliphatic rings. The molecule has 10 heteroatoms. The minimum atomic E-state index is -3.99. The fourth-order valence-electron chi connectivity index (χ4n) is 4.02. The smallest absolute Gasteiger partial charge is 0.338 e. The summed E-state index contributed by atoms with van der Waals surface area (Å²) in [5.74, 6) is -2.33. The summed E-state index contributed by atoms with van der Waals surface area (Å²) in [5.41, 5.74) is 1.18. The van der Waals surface area contributed by atoms with E-state index in [0.717, 1.165) is 17.8 Å². The van der Waals surface area contributed by atoms with Gasteiger partial charge in [0, 0.05) is 32.0 Å². The quantitative estimate of drug-likeness (QED) is 0.545. The van der Waals surface area contributed by atoms with Gasteiger partial charge in [-0.25, -0.2) is 17.6 Å². The van der Waals surface area contributed by atoms with E-state index in [9.17, 15) is 22.7 Å². The Kier molecular flexibility index (Phi) is 6.64. The molecule has 0 amide bonds. The Morgan fingerprint density at radius 2 is 1.88 bits per heavy atom. The minimum absolute atomic E-state index is 0.00180. The molecule has 1 N–H and O–H groups in total. The highest BCUT2D eigenvalue weighted by molar-refractivity contribution is 7.89. The summed E-state index contributed by atoms with van der Waals surface area (Å²) in [5, 5.41) is 9.50. The van der Waals surface area contributed by atoms with Crippen LogP contribution in [0.25, 0.3) is 11.1 Å². The summed E-state index contributed by atoms with van der Waals surface area (Å²) in [7, 11) is -0.988. The third-order valence-corrected chi connectivity index (χ3v) is 8.09. The number of hydrogen-bond donors (Lipinski definition) is 1. The molecule has 1 heterocycles. The SMILES string of the molecule is COC[C@@H]1CN(c2ccccc2)c2cc(Cl)c(-c3ccc(F)c(C(=O)O)c3)cc2S(=O)(=O)N1C. The lowest BCUT2D eigenvalue weighted by molar-refractivity contribution is 0.0692. The Morgan fingerprint density at radius 1 is 1.18 bits per heavy atom. The number of carboxylic acid groups (broad SMARTS) is 1. The molecule has 0 saturated carbocycles. The Balaban J connectivity index is 1.97. The first kappa shape index (κ1) is 24.2. The Labute approximate surface area is 202 Å². The van der Waals surface area contributed by atoms with Gasteiger partial charge in [-0.3, -0.25) is 0 Å². The van der Waals surface area contributed by atoms with Gasteiger partial charge in [-0.05, 0) is 42.0 Å². The number of nitrogens with zero attached hydrogens (tertiary/aromatic N) is 2. The zero-order valence-electron chi connectivity index (χ0n) is 18.4. The van der Waals surface area contributed by atoms with Crippen LogP contribution >= 0.6 is 11.6 Å². The fourth-order valence-corrected chi connectivity index (χ4v) is 5.81. The Morgan fingerprint density at radius 3 is 2.53 bits per heavy atom. The molecule has 0 bridgehead atoms. The number of aromatic carboxylic acids is 1. The van der Waals surface area contributed by atoms with Crippen molar-refractivity contribution in [3.8, 4) is 11.1 Å². The van der Waals surface area contributed by atoms with E-state index in [1.807, 2.05) is 35.2 Å². The van der Waals surface area contributed by atoms with E-state index in [1.165, 1.54) is 30.6 Å². The van der Waals surface area contributed by atoms with Gasteiger partial charge in [-0.15, -0.1) is 0 Å². The van der Waals surface area contributed by atoms with Crippen molar-refractivity contribution in [1.82, 2.24) is 4.31 Å². The molecule has 3 aromatic carbocycles. The van der Waals surface area contributed by atoms with Gasteiger partial charge in [0.15, 0.2) is 0 Å². The molecule has 1 atom stereocenters. The summed E-state index contributed by atoms with van der Waals surface area (Å²) in [6, 6.07) is 15.3. The lowest BCUT2D eigenvalue weighted by Gasteiger charge is -2.29. The molecule has 0 spiro atoms. The molecule has 7 nitrogen and oxygen atoms in total. The zero-order valence-corrected chi connectivity index (χ0v) is 20.0. The number of likely N-dealkylation sites (N-methyl/N-ethyl adjacent to an activating group) is 1. The maximum Gasteiger partial charge on any atom is 0.338 e.